The monoisotopic (exact) mass is 308 g/mol. The molecule has 0 saturated heterocycles. The van der Waals surface area contributed by atoms with E-state index in [1.807, 2.05) is 0 Å². The van der Waals surface area contributed by atoms with Crippen LogP contribution in [0.15, 0.2) is 24.3 Å². The lowest BCUT2D eigenvalue weighted by atomic mass is 10.2. The van der Waals surface area contributed by atoms with Crippen LogP contribution in [0, 0.1) is 0 Å². The fraction of sp³-hybridized carbons (Fsp3) is 0.500. The number of hydrogen-bond donors (Lipinski definition) is 1. The van der Waals surface area contributed by atoms with Gasteiger partial charge in [0.05, 0.1) is 5.69 Å². The predicted octanol–water partition coefficient (Wildman–Crippen LogP) is 3.95. The summed E-state index contributed by atoms with van der Waals surface area (Å²) in [7, 11) is 0. The SMILES string of the molecule is CC(C)(C)OC(=O)N(C(=O)OC(C)(C)C)c1ccc(N)cc1. The van der Waals surface area contributed by atoms with Crippen LogP contribution in [-0.2, 0) is 9.47 Å². The number of nitrogens with zero attached hydrogens (tertiary/aromatic N) is 1. The van der Waals surface area contributed by atoms with Crippen LogP contribution in [0.1, 0.15) is 41.5 Å². The molecule has 0 aromatic heterocycles. The summed E-state index contributed by atoms with van der Waals surface area (Å²) < 4.78 is 10.6. The van der Waals surface area contributed by atoms with Crippen molar-refractivity contribution in [3.63, 3.8) is 0 Å². The van der Waals surface area contributed by atoms with Crippen molar-refractivity contribution < 1.29 is 19.1 Å². The highest BCUT2D eigenvalue weighted by Crippen LogP contribution is 2.22. The van der Waals surface area contributed by atoms with Crippen molar-refractivity contribution in [2.24, 2.45) is 0 Å². The van der Waals surface area contributed by atoms with Gasteiger partial charge in [0, 0.05) is 5.69 Å². The van der Waals surface area contributed by atoms with E-state index in [4.69, 9.17) is 15.2 Å². The van der Waals surface area contributed by atoms with E-state index < -0.39 is 23.4 Å². The maximum absolute atomic E-state index is 12.3. The van der Waals surface area contributed by atoms with Gasteiger partial charge in [0.25, 0.3) is 0 Å². The Morgan fingerprint density at radius 1 is 0.864 bits per heavy atom. The molecule has 0 aliphatic heterocycles. The zero-order chi connectivity index (χ0) is 17.1. The number of carbonyl (C=O) groups excluding carboxylic acids is 2. The molecule has 1 aromatic carbocycles. The largest absolute Gasteiger partial charge is 0.443 e. The Morgan fingerprint density at radius 3 is 1.55 bits per heavy atom. The Labute approximate surface area is 131 Å². The molecular weight excluding hydrogens is 284 g/mol. The number of anilines is 2. The second-order valence-corrected chi connectivity index (χ2v) is 6.89. The van der Waals surface area contributed by atoms with E-state index in [1.54, 1.807) is 65.8 Å². The molecule has 0 atom stereocenters. The van der Waals surface area contributed by atoms with Gasteiger partial charge in [-0.15, -0.1) is 0 Å². The van der Waals surface area contributed by atoms with Crippen molar-refractivity contribution in [3.8, 4) is 0 Å². The lowest BCUT2D eigenvalue weighted by Gasteiger charge is -2.28. The maximum Gasteiger partial charge on any atom is 0.424 e. The van der Waals surface area contributed by atoms with Crippen molar-refractivity contribution in [3.05, 3.63) is 24.3 Å². The van der Waals surface area contributed by atoms with Gasteiger partial charge in [0.1, 0.15) is 11.2 Å². The van der Waals surface area contributed by atoms with Crippen molar-refractivity contribution in [2.75, 3.05) is 10.6 Å². The lowest BCUT2D eigenvalue weighted by molar-refractivity contribution is 0.0431. The van der Waals surface area contributed by atoms with Crippen LogP contribution in [-0.4, -0.2) is 23.4 Å². The van der Waals surface area contributed by atoms with Crippen molar-refractivity contribution >= 4 is 23.6 Å². The van der Waals surface area contributed by atoms with E-state index in [9.17, 15) is 9.59 Å². The van der Waals surface area contributed by atoms with Gasteiger partial charge in [-0.1, -0.05) is 0 Å². The van der Waals surface area contributed by atoms with Gasteiger partial charge in [-0.3, -0.25) is 0 Å². The summed E-state index contributed by atoms with van der Waals surface area (Å²) in [4.78, 5) is 25.5. The smallest absolute Gasteiger partial charge is 0.424 e. The number of carbonyl (C=O) groups is 2. The molecule has 2 amide bonds. The number of nitrogen functional groups attached to an aromatic ring is 1. The van der Waals surface area contributed by atoms with Gasteiger partial charge in [0.15, 0.2) is 0 Å². The van der Waals surface area contributed by atoms with E-state index in [0.29, 0.717) is 11.4 Å². The molecular formula is C16H24N2O4. The zero-order valence-corrected chi connectivity index (χ0v) is 14.0. The molecule has 0 radical (unpaired) electrons. The molecule has 0 unspecified atom stereocenters. The minimum atomic E-state index is -0.800. The summed E-state index contributed by atoms with van der Waals surface area (Å²) >= 11 is 0. The summed E-state index contributed by atoms with van der Waals surface area (Å²) in [6.07, 6.45) is -1.60. The van der Waals surface area contributed by atoms with Gasteiger partial charge in [-0.25, -0.2) is 9.59 Å². The Morgan fingerprint density at radius 2 is 1.23 bits per heavy atom. The van der Waals surface area contributed by atoms with E-state index in [-0.39, 0.29) is 0 Å². The van der Waals surface area contributed by atoms with Crippen LogP contribution < -0.4 is 10.6 Å². The fourth-order valence-electron chi connectivity index (χ4n) is 1.52. The zero-order valence-electron chi connectivity index (χ0n) is 14.0. The minimum Gasteiger partial charge on any atom is -0.443 e. The van der Waals surface area contributed by atoms with E-state index in [0.717, 1.165) is 4.90 Å². The molecule has 0 heterocycles. The third-order valence-corrected chi connectivity index (χ3v) is 2.30. The number of nitrogens with two attached hydrogens (primary N) is 1. The molecule has 0 bridgehead atoms. The van der Waals surface area contributed by atoms with Crippen LogP contribution >= 0.6 is 0 Å². The van der Waals surface area contributed by atoms with Crippen LogP contribution in [0.3, 0.4) is 0 Å². The summed E-state index contributed by atoms with van der Waals surface area (Å²) in [6, 6.07) is 6.31. The number of rotatable bonds is 1. The normalized spacial score (nSPS) is 11.7. The second kappa shape index (κ2) is 6.25. The third-order valence-electron chi connectivity index (χ3n) is 2.30. The first-order valence-electron chi connectivity index (χ1n) is 7.01. The number of ether oxygens (including phenoxy) is 2. The maximum atomic E-state index is 12.3. The highest BCUT2D eigenvalue weighted by atomic mass is 16.6. The van der Waals surface area contributed by atoms with Crippen LogP contribution in [0.25, 0.3) is 0 Å². The number of imide groups is 1. The second-order valence-electron chi connectivity index (χ2n) is 6.89. The molecule has 6 heteroatoms. The molecule has 1 aromatic rings. The van der Waals surface area contributed by atoms with Gasteiger partial charge >= 0.3 is 12.2 Å². The summed E-state index contributed by atoms with van der Waals surface area (Å²) in [5, 5.41) is 0. The Kier molecular flexibility index (Phi) is 5.06. The summed E-state index contributed by atoms with van der Waals surface area (Å²) in [5.41, 5.74) is 5.03. The first-order chi connectivity index (χ1) is 9.89. The molecule has 0 saturated carbocycles. The first kappa shape index (κ1) is 17.8. The molecule has 2 N–H and O–H groups in total. The molecule has 0 fully saturated rings. The molecule has 22 heavy (non-hydrogen) atoms. The average Bonchev–Trinajstić information content (AvgIpc) is 2.27. The lowest BCUT2D eigenvalue weighted by Crippen LogP contribution is -2.43. The molecule has 1 rings (SSSR count). The molecule has 0 aliphatic carbocycles. The van der Waals surface area contributed by atoms with Crippen LogP contribution in [0.5, 0.6) is 0 Å². The van der Waals surface area contributed by atoms with Crippen molar-refractivity contribution in [1.82, 2.24) is 0 Å². The summed E-state index contributed by atoms with van der Waals surface area (Å²) in [6.45, 7) is 10.3. The summed E-state index contributed by atoms with van der Waals surface area (Å²) in [5.74, 6) is 0. The topological polar surface area (TPSA) is 81.9 Å². The molecule has 0 spiro atoms. The van der Waals surface area contributed by atoms with E-state index >= 15 is 0 Å². The Bertz CT molecular complexity index is 511. The number of amides is 2. The first-order valence-corrected chi connectivity index (χ1v) is 7.01. The van der Waals surface area contributed by atoms with Crippen molar-refractivity contribution in [2.45, 2.75) is 52.7 Å². The third kappa shape index (κ3) is 5.63. The van der Waals surface area contributed by atoms with Gasteiger partial charge in [0.2, 0.25) is 0 Å². The van der Waals surface area contributed by atoms with E-state index in [2.05, 4.69) is 0 Å². The van der Waals surface area contributed by atoms with Gasteiger partial charge in [-0.05, 0) is 65.8 Å². The Hall–Kier alpha value is -2.24. The average molecular weight is 308 g/mol. The molecule has 6 nitrogen and oxygen atoms in total. The highest BCUT2D eigenvalue weighted by Gasteiger charge is 2.32. The molecule has 0 aliphatic rings. The van der Waals surface area contributed by atoms with Gasteiger partial charge < -0.3 is 15.2 Å². The van der Waals surface area contributed by atoms with Crippen LogP contribution in [0.2, 0.25) is 0 Å². The fourth-order valence-corrected chi connectivity index (χ4v) is 1.52. The number of benzene rings is 1. The number of hydrogen-bond acceptors (Lipinski definition) is 5. The molecule has 122 valence electrons. The minimum absolute atomic E-state index is 0.331. The van der Waals surface area contributed by atoms with Gasteiger partial charge in [-0.2, -0.15) is 4.90 Å². The highest BCUT2D eigenvalue weighted by molar-refractivity contribution is 6.09. The van der Waals surface area contributed by atoms with E-state index in [1.165, 1.54) is 0 Å². The van der Waals surface area contributed by atoms with Crippen molar-refractivity contribution in [1.29, 1.82) is 0 Å². The van der Waals surface area contributed by atoms with Crippen LogP contribution in [0.4, 0.5) is 21.0 Å². The predicted molar refractivity (Wildman–Crippen MR) is 85.8 cm³/mol. The standard InChI is InChI=1S/C16H24N2O4/c1-15(2,3)21-13(19)18(14(20)22-16(4,5)6)12-9-7-11(17)8-10-12/h7-10H,17H2,1-6H3. The Balaban J connectivity index is 3.12. The quantitative estimate of drug-likeness (QED) is 0.794.